The zero-order chi connectivity index (χ0) is 14.8. The molecule has 0 spiro atoms. The van der Waals surface area contributed by atoms with Gasteiger partial charge in [0.05, 0.1) is 21.8 Å². The van der Waals surface area contributed by atoms with Gasteiger partial charge in [-0.2, -0.15) is 0 Å². The first kappa shape index (κ1) is 15.3. The molecule has 20 heavy (non-hydrogen) atoms. The lowest BCUT2D eigenvalue weighted by molar-refractivity contribution is 0.0909. The average molecular weight is 401 g/mol. The van der Waals surface area contributed by atoms with Crippen molar-refractivity contribution < 1.29 is 4.79 Å². The van der Waals surface area contributed by atoms with Crippen LogP contribution >= 0.6 is 34.2 Å². The second-order valence-corrected chi connectivity index (χ2v) is 6.46. The van der Waals surface area contributed by atoms with E-state index in [2.05, 4.69) is 32.9 Å². The van der Waals surface area contributed by atoms with Crippen LogP contribution in [0, 0.1) is 3.57 Å². The number of nitrogens with one attached hydrogen (secondary N) is 1. The topological polar surface area (TPSA) is 42.0 Å². The summed E-state index contributed by atoms with van der Waals surface area (Å²) in [5.74, 6) is -0.198. The minimum atomic E-state index is -0.569. The van der Waals surface area contributed by atoms with Crippen molar-refractivity contribution in [2.24, 2.45) is 0 Å². The number of aromatic nitrogens is 1. The Labute approximate surface area is 136 Å². The van der Waals surface area contributed by atoms with E-state index >= 15 is 0 Å². The van der Waals surface area contributed by atoms with Crippen LogP contribution in [0.1, 0.15) is 29.9 Å². The molecule has 0 bridgehead atoms. The van der Waals surface area contributed by atoms with Crippen LogP contribution in [0.25, 0.3) is 0 Å². The van der Waals surface area contributed by atoms with Gasteiger partial charge in [-0.15, -0.1) is 0 Å². The molecule has 2 rings (SSSR count). The number of benzene rings is 1. The van der Waals surface area contributed by atoms with E-state index in [-0.39, 0.29) is 5.91 Å². The first-order valence-corrected chi connectivity index (χ1v) is 7.55. The number of halogens is 2. The fourth-order valence-electron chi connectivity index (χ4n) is 1.86. The van der Waals surface area contributed by atoms with Crippen molar-refractivity contribution in [1.29, 1.82) is 0 Å². The highest BCUT2D eigenvalue weighted by atomic mass is 127. The number of amides is 1. The van der Waals surface area contributed by atoms with E-state index in [4.69, 9.17) is 11.6 Å². The molecule has 0 aliphatic rings. The van der Waals surface area contributed by atoms with Crippen LogP contribution in [0.2, 0.25) is 5.02 Å². The van der Waals surface area contributed by atoms with E-state index in [1.165, 1.54) is 0 Å². The number of nitrogens with zero attached hydrogens (tertiary/aromatic N) is 1. The molecule has 3 nitrogen and oxygen atoms in total. The van der Waals surface area contributed by atoms with E-state index in [0.717, 1.165) is 9.26 Å². The van der Waals surface area contributed by atoms with Crippen LogP contribution in [0.5, 0.6) is 0 Å². The molecule has 0 unspecified atom stereocenters. The van der Waals surface area contributed by atoms with Gasteiger partial charge in [-0.05, 0) is 60.7 Å². The van der Waals surface area contributed by atoms with Gasteiger partial charge in [-0.25, -0.2) is 0 Å². The largest absolute Gasteiger partial charge is 0.341 e. The van der Waals surface area contributed by atoms with Gasteiger partial charge in [0, 0.05) is 9.77 Å². The molecular formula is C15H14ClIN2O. The molecule has 1 heterocycles. The van der Waals surface area contributed by atoms with Crippen molar-refractivity contribution in [3.8, 4) is 0 Å². The second-order valence-electron chi connectivity index (χ2n) is 4.89. The summed E-state index contributed by atoms with van der Waals surface area (Å²) in [6, 6.07) is 11.0. The third-order valence-electron chi connectivity index (χ3n) is 2.92. The minimum Gasteiger partial charge on any atom is -0.341 e. The van der Waals surface area contributed by atoms with Gasteiger partial charge in [0.15, 0.2) is 0 Å². The zero-order valence-electron chi connectivity index (χ0n) is 11.2. The Bertz CT molecular complexity index is 609. The fraction of sp³-hybridized carbons (Fsp3) is 0.200. The molecule has 5 heteroatoms. The first-order valence-electron chi connectivity index (χ1n) is 6.10. The number of pyridine rings is 1. The Morgan fingerprint density at radius 1 is 1.25 bits per heavy atom. The number of hydrogen-bond donors (Lipinski definition) is 1. The van der Waals surface area contributed by atoms with E-state index in [1.807, 2.05) is 44.2 Å². The monoisotopic (exact) mass is 400 g/mol. The first-order chi connectivity index (χ1) is 9.42. The van der Waals surface area contributed by atoms with Crippen LogP contribution in [-0.2, 0) is 5.54 Å². The van der Waals surface area contributed by atoms with Gasteiger partial charge >= 0.3 is 0 Å². The Hall–Kier alpha value is -1.14. The van der Waals surface area contributed by atoms with Crippen LogP contribution in [0.4, 0.5) is 0 Å². The van der Waals surface area contributed by atoms with E-state index < -0.39 is 5.54 Å². The third-order valence-corrected chi connectivity index (χ3v) is 4.14. The molecule has 1 amide bonds. The van der Waals surface area contributed by atoms with Crippen molar-refractivity contribution >= 4 is 40.1 Å². The molecule has 0 saturated carbocycles. The van der Waals surface area contributed by atoms with Crippen LogP contribution < -0.4 is 5.32 Å². The number of rotatable bonds is 3. The van der Waals surface area contributed by atoms with Crippen molar-refractivity contribution in [3.05, 3.63) is 62.4 Å². The van der Waals surface area contributed by atoms with Gasteiger partial charge in [0.2, 0.25) is 0 Å². The second kappa shape index (κ2) is 6.10. The maximum absolute atomic E-state index is 12.4. The Morgan fingerprint density at radius 3 is 2.60 bits per heavy atom. The molecule has 1 aromatic carbocycles. The Morgan fingerprint density at radius 2 is 2.00 bits per heavy atom. The van der Waals surface area contributed by atoms with Gasteiger partial charge < -0.3 is 5.32 Å². The molecule has 1 N–H and O–H groups in total. The molecule has 0 saturated heterocycles. The zero-order valence-corrected chi connectivity index (χ0v) is 14.1. The Balaban J connectivity index is 2.28. The van der Waals surface area contributed by atoms with Gasteiger partial charge in [-0.3, -0.25) is 9.78 Å². The van der Waals surface area contributed by atoms with Gasteiger partial charge in [-0.1, -0.05) is 23.7 Å². The maximum Gasteiger partial charge on any atom is 0.254 e. The maximum atomic E-state index is 12.4. The summed E-state index contributed by atoms with van der Waals surface area (Å²) in [6.45, 7) is 3.83. The molecule has 0 radical (unpaired) electrons. The average Bonchev–Trinajstić information content (AvgIpc) is 2.39. The quantitative estimate of drug-likeness (QED) is 0.791. The number of carbonyl (C=O) groups excluding carboxylic acids is 1. The number of carbonyl (C=O) groups is 1. The molecule has 0 atom stereocenters. The molecule has 104 valence electrons. The summed E-state index contributed by atoms with van der Waals surface area (Å²) in [5.41, 5.74) is 0.731. The van der Waals surface area contributed by atoms with Crippen molar-refractivity contribution in [1.82, 2.24) is 10.3 Å². The molecule has 2 aromatic rings. The van der Waals surface area contributed by atoms with E-state index in [1.54, 1.807) is 12.3 Å². The number of hydrogen-bond acceptors (Lipinski definition) is 2. The standard InChI is InChI=1S/C15H14ClIN2O/c1-15(2,12-8-3-4-9-18-12)19-14(20)13-10(16)6-5-7-11(13)17/h3-9H,1-2H3,(H,19,20). The van der Waals surface area contributed by atoms with E-state index in [0.29, 0.717) is 10.6 Å². The lowest BCUT2D eigenvalue weighted by atomic mass is 9.99. The van der Waals surface area contributed by atoms with E-state index in [9.17, 15) is 4.79 Å². The lowest BCUT2D eigenvalue weighted by Crippen LogP contribution is -2.42. The highest BCUT2D eigenvalue weighted by molar-refractivity contribution is 14.1. The summed E-state index contributed by atoms with van der Waals surface area (Å²) >= 11 is 8.22. The van der Waals surface area contributed by atoms with Crippen LogP contribution in [0.3, 0.4) is 0 Å². The third kappa shape index (κ3) is 3.30. The minimum absolute atomic E-state index is 0.198. The molecule has 0 fully saturated rings. The van der Waals surface area contributed by atoms with Gasteiger partial charge in [0.25, 0.3) is 5.91 Å². The SMILES string of the molecule is CC(C)(NC(=O)c1c(Cl)cccc1I)c1ccccn1. The molecule has 0 aliphatic carbocycles. The van der Waals surface area contributed by atoms with Crippen molar-refractivity contribution in [2.75, 3.05) is 0 Å². The normalized spacial score (nSPS) is 11.2. The molecule has 1 aromatic heterocycles. The molecular weight excluding hydrogens is 387 g/mol. The summed E-state index contributed by atoms with van der Waals surface area (Å²) in [7, 11) is 0. The highest BCUT2D eigenvalue weighted by Gasteiger charge is 2.26. The Kier molecular flexibility index (Phi) is 4.65. The predicted octanol–water partition coefficient (Wildman–Crippen LogP) is 4.00. The van der Waals surface area contributed by atoms with Crippen LogP contribution in [0.15, 0.2) is 42.6 Å². The van der Waals surface area contributed by atoms with Crippen LogP contribution in [-0.4, -0.2) is 10.9 Å². The van der Waals surface area contributed by atoms with Crippen molar-refractivity contribution in [2.45, 2.75) is 19.4 Å². The fourth-order valence-corrected chi connectivity index (χ4v) is 3.02. The summed E-state index contributed by atoms with van der Waals surface area (Å²) < 4.78 is 0.824. The summed E-state index contributed by atoms with van der Waals surface area (Å²) in [5, 5.41) is 3.43. The smallest absolute Gasteiger partial charge is 0.254 e. The summed E-state index contributed by atoms with van der Waals surface area (Å²) in [6.07, 6.45) is 1.71. The van der Waals surface area contributed by atoms with Gasteiger partial charge in [0.1, 0.15) is 0 Å². The summed E-state index contributed by atoms with van der Waals surface area (Å²) in [4.78, 5) is 16.7. The highest BCUT2D eigenvalue weighted by Crippen LogP contribution is 2.24. The predicted molar refractivity (Wildman–Crippen MR) is 88.9 cm³/mol. The molecule has 0 aliphatic heterocycles. The lowest BCUT2D eigenvalue weighted by Gasteiger charge is -2.26. The van der Waals surface area contributed by atoms with Crippen molar-refractivity contribution in [3.63, 3.8) is 0 Å².